The van der Waals surface area contributed by atoms with Gasteiger partial charge >= 0.3 is 0 Å². The molecule has 7 nitrogen and oxygen atoms in total. The Kier molecular flexibility index (Phi) is 3.68. The number of piperidine rings is 1. The smallest absolute Gasteiger partial charge is 0.224 e. The van der Waals surface area contributed by atoms with Crippen LogP contribution in [0.4, 0.5) is 11.8 Å². The fraction of sp³-hybridized carbons (Fsp3) is 0.667. The summed E-state index contributed by atoms with van der Waals surface area (Å²) in [5, 5.41) is 10.7. The highest BCUT2D eigenvalue weighted by atomic mass is 16.3. The molecule has 0 amide bonds. The summed E-state index contributed by atoms with van der Waals surface area (Å²) in [6, 6.07) is 0. The zero-order valence-corrected chi connectivity index (χ0v) is 13.4. The first kappa shape index (κ1) is 15.0. The van der Waals surface area contributed by atoms with Crippen LogP contribution < -0.4 is 10.6 Å². The maximum atomic E-state index is 10.7. The molecule has 1 saturated heterocycles. The predicted molar refractivity (Wildman–Crippen MR) is 86.5 cm³/mol. The highest BCUT2D eigenvalue weighted by Gasteiger charge is 2.38. The van der Waals surface area contributed by atoms with Gasteiger partial charge in [0, 0.05) is 19.0 Å². The van der Waals surface area contributed by atoms with E-state index < -0.39 is 5.60 Å². The standard InChI is InChI=1S/C15H24N6O/c1-9(2)6-10-7-21(5-4-15(10,3)22)13-11-12(18-8-17-11)19-14(16)20-13/h8-10,22H,4-7H2,1-3H3,(H3,16,17,18,19,20)/t10-,15+/m0/s1. The van der Waals surface area contributed by atoms with Crippen molar-refractivity contribution in [1.82, 2.24) is 19.9 Å². The van der Waals surface area contributed by atoms with Gasteiger partial charge in [0.1, 0.15) is 5.52 Å². The van der Waals surface area contributed by atoms with Crippen LogP contribution in [0.1, 0.15) is 33.6 Å². The monoisotopic (exact) mass is 304 g/mol. The van der Waals surface area contributed by atoms with Gasteiger partial charge in [-0.05, 0) is 25.7 Å². The second-order valence-corrected chi connectivity index (χ2v) is 6.89. The van der Waals surface area contributed by atoms with Crippen molar-refractivity contribution in [3.8, 4) is 0 Å². The Labute approximate surface area is 130 Å². The van der Waals surface area contributed by atoms with E-state index in [9.17, 15) is 5.11 Å². The number of fused-ring (bicyclic) bond motifs is 1. The summed E-state index contributed by atoms with van der Waals surface area (Å²) in [6.07, 6.45) is 3.30. The molecule has 0 saturated carbocycles. The Bertz CT molecular complexity index is 665. The molecule has 3 heterocycles. The average molecular weight is 304 g/mol. The number of nitrogens with zero attached hydrogens (tertiary/aromatic N) is 4. The predicted octanol–water partition coefficient (Wildman–Crippen LogP) is 1.56. The lowest BCUT2D eigenvalue weighted by molar-refractivity contribution is -0.0246. The van der Waals surface area contributed by atoms with Crippen molar-refractivity contribution in [2.45, 2.75) is 39.2 Å². The van der Waals surface area contributed by atoms with Crippen molar-refractivity contribution < 1.29 is 5.11 Å². The Balaban J connectivity index is 1.92. The fourth-order valence-corrected chi connectivity index (χ4v) is 3.27. The van der Waals surface area contributed by atoms with Crippen molar-refractivity contribution >= 4 is 22.9 Å². The molecule has 4 N–H and O–H groups in total. The molecular weight excluding hydrogens is 280 g/mol. The molecule has 2 atom stereocenters. The topological polar surface area (TPSA) is 104 Å². The van der Waals surface area contributed by atoms with Gasteiger partial charge in [-0.25, -0.2) is 4.98 Å². The van der Waals surface area contributed by atoms with Crippen molar-refractivity contribution in [3.05, 3.63) is 6.33 Å². The summed E-state index contributed by atoms with van der Waals surface area (Å²) in [5.41, 5.74) is 6.56. The minimum atomic E-state index is -0.632. The molecule has 1 aliphatic heterocycles. The molecule has 0 aromatic carbocycles. The maximum Gasteiger partial charge on any atom is 0.224 e. The van der Waals surface area contributed by atoms with Crippen LogP contribution in [0.25, 0.3) is 11.2 Å². The summed E-state index contributed by atoms with van der Waals surface area (Å²) < 4.78 is 0. The van der Waals surface area contributed by atoms with E-state index in [1.165, 1.54) is 0 Å². The van der Waals surface area contributed by atoms with Gasteiger partial charge < -0.3 is 20.7 Å². The summed E-state index contributed by atoms with van der Waals surface area (Å²) in [7, 11) is 0. The molecule has 0 radical (unpaired) electrons. The van der Waals surface area contributed by atoms with Gasteiger partial charge in [-0.15, -0.1) is 0 Å². The number of anilines is 2. The molecule has 1 fully saturated rings. The Morgan fingerprint density at radius 1 is 1.50 bits per heavy atom. The highest BCUT2D eigenvalue weighted by molar-refractivity contribution is 5.84. The molecule has 0 aliphatic carbocycles. The summed E-state index contributed by atoms with van der Waals surface area (Å²) in [6.45, 7) is 7.81. The first-order valence-electron chi connectivity index (χ1n) is 7.80. The van der Waals surface area contributed by atoms with Crippen molar-refractivity contribution in [2.75, 3.05) is 23.7 Å². The zero-order chi connectivity index (χ0) is 15.9. The lowest BCUT2D eigenvalue weighted by Gasteiger charge is -2.44. The van der Waals surface area contributed by atoms with Crippen LogP contribution in [0.15, 0.2) is 6.33 Å². The Morgan fingerprint density at radius 2 is 2.27 bits per heavy atom. The van der Waals surface area contributed by atoms with E-state index in [1.807, 2.05) is 6.92 Å². The number of aliphatic hydroxyl groups is 1. The number of rotatable bonds is 3. The molecule has 1 aliphatic rings. The molecule has 3 rings (SSSR count). The van der Waals surface area contributed by atoms with Crippen LogP contribution in [0.3, 0.4) is 0 Å². The lowest BCUT2D eigenvalue weighted by Crippen LogP contribution is -2.51. The third-order valence-corrected chi connectivity index (χ3v) is 4.55. The van der Waals surface area contributed by atoms with E-state index in [-0.39, 0.29) is 11.9 Å². The summed E-state index contributed by atoms with van der Waals surface area (Å²) in [5.74, 6) is 1.76. The maximum absolute atomic E-state index is 10.7. The van der Waals surface area contributed by atoms with Gasteiger partial charge in [0.2, 0.25) is 5.95 Å². The fourth-order valence-electron chi connectivity index (χ4n) is 3.27. The molecule has 0 unspecified atom stereocenters. The van der Waals surface area contributed by atoms with Crippen LogP contribution >= 0.6 is 0 Å². The number of nitrogens with one attached hydrogen (secondary N) is 1. The van der Waals surface area contributed by atoms with Crippen LogP contribution in [-0.2, 0) is 0 Å². The van der Waals surface area contributed by atoms with Gasteiger partial charge in [0.05, 0.1) is 11.9 Å². The Morgan fingerprint density at radius 3 is 3.00 bits per heavy atom. The molecule has 120 valence electrons. The first-order chi connectivity index (χ1) is 10.4. The molecule has 7 heteroatoms. The van der Waals surface area contributed by atoms with Crippen molar-refractivity contribution in [3.63, 3.8) is 0 Å². The van der Waals surface area contributed by atoms with E-state index in [0.717, 1.165) is 30.8 Å². The molecule has 22 heavy (non-hydrogen) atoms. The molecule has 2 aromatic heterocycles. The molecular formula is C15H24N6O. The SMILES string of the molecule is CC(C)C[C@H]1CN(c2nc(N)nc3nc[nH]c23)CC[C@@]1(C)O. The third-order valence-electron chi connectivity index (χ3n) is 4.55. The number of aromatic nitrogens is 4. The van der Waals surface area contributed by atoms with Gasteiger partial charge in [0.25, 0.3) is 0 Å². The van der Waals surface area contributed by atoms with E-state index in [0.29, 0.717) is 18.0 Å². The van der Waals surface area contributed by atoms with Gasteiger partial charge in [0.15, 0.2) is 11.5 Å². The van der Waals surface area contributed by atoms with Crippen molar-refractivity contribution in [1.29, 1.82) is 0 Å². The van der Waals surface area contributed by atoms with Gasteiger partial charge in [-0.3, -0.25) is 0 Å². The second kappa shape index (κ2) is 5.39. The van der Waals surface area contributed by atoms with Crippen LogP contribution in [0.5, 0.6) is 0 Å². The second-order valence-electron chi connectivity index (χ2n) is 6.89. The number of imidazole rings is 1. The first-order valence-corrected chi connectivity index (χ1v) is 7.80. The van der Waals surface area contributed by atoms with Gasteiger partial charge in [-0.1, -0.05) is 13.8 Å². The summed E-state index contributed by atoms with van der Waals surface area (Å²) in [4.78, 5) is 18.0. The number of hydrogen-bond acceptors (Lipinski definition) is 6. The van der Waals surface area contributed by atoms with E-state index >= 15 is 0 Å². The third kappa shape index (κ3) is 2.72. The lowest BCUT2D eigenvalue weighted by atomic mass is 9.78. The number of nitrogen functional groups attached to an aromatic ring is 1. The summed E-state index contributed by atoms with van der Waals surface area (Å²) >= 11 is 0. The van der Waals surface area contributed by atoms with E-state index in [1.54, 1.807) is 6.33 Å². The molecule has 2 aromatic rings. The minimum Gasteiger partial charge on any atom is -0.390 e. The van der Waals surface area contributed by atoms with Crippen molar-refractivity contribution in [2.24, 2.45) is 11.8 Å². The van der Waals surface area contributed by atoms with Gasteiger partial charge in [-0.2, -0.15) is 9.97 Å². The molecule has 0 spiro atoms. The average Bonchev–Trinajstić information content (AvgIpc) is 2.87. The number of aromatic amines is 1. The quantitative estimate of drug-likeness (QED) is 0.795. The van der Waals surface area contributed by atoms with Crippen LogP contribution in [-0.4, -0.2) is 43.7 Å². The van der Waals surface area contributed by atoms with Crippen LogP contribution in [0, 0.1) is 11.8 Å². The Hall–Kier alpha value is -1.89. The number of H-pyrrole nitrogens is 1. The van der Waals surface area contributed by atoms with E-state index in [2.05, 4.69) is 38.7 Å². The normalized spacial score (nSPS) is 26.0. The molecule has 0 bridgehead atoms. The number of hydrogen-bond donors (Lipinski definition) is 3. The minimum absolute atomic E-state index is 0.204. The largest absolute Gasteiger partial charge is 0.390 e. The van der Waals surface area contributed by atoms with Crippen LogP contribution in [0.2, 0.25) is 0 Å². The highest BCUT2D eigenvalue weighted by Crippen LogP contribution is 2.35. The van der Waals surface area contributed by atoms with E-state index in [4.69, 9.17) is 5.73 Å². The number of nitrogens with two attached hydrogens (primary N) is 1. The zero-order valence-electron chi connectivity index (χ0n) is 13.4.